The molecule has 3 heteroatoms. The molecule has 0 amide bonds. The number of aromatic nitrogens is 2. The van der Waals surface area contributed by atoms with Gasteiger partial charge in [0.15, 0.2) is 0 Å². The van der Waals surface area contributed by atoms with Gasteiger partial charge in [0.2, 0.25) is 0 Å². The van der Waals surface area contributed by atoms with Crippen molar-refractivity contribution in [1.82, 2.24) is 9.55 Å². The molecule has 0 saturated heterocycles. The second kappa shape index (κ2) is 13.3. The van der Waals surface area contributed by atoms with E-state index >= 15 is 0 Å². The van der Waals surface area contributed by atoms with Crippen molar-refractivity contribution in [1.29, 1.82) is 0 Å². The lowest BCUT2D eigenvalue weighted by molar-refractivity contribution is 1.10. The van der Waals surface area contributed by atoms with Gasteiger partial charge in [-0.05, 0) is 122 Å². The highest BCUT2D eigenvalue weighted by Crippen LogP contribution is 2.44. The molecular weight excluding hydrogens is 667 g/mol. The fourth-order valence-corrected chi connectivity index (χ4v) is 8.43. The monoisotopic (exact) mass is 703 g/mol. The van der Waals surface area contributed by atoms with Gasteiger partial charge in [0, 0.05) is 22.2 Å². The summed E-state index contributed by atoms with van der Waals surface area (Å²) in [7, 11) is 0. The van der Waals surface area contributed by atoms with Gasteiger partial charge in [-0.15, -0.1) is 0 Å². The van der Waals surface area contributed by atoms with E-state index in [4.69, 9.17) is 10.7 Å². The van der Waals surface area contributed by atoms with Crippen molar-refractivity contribution in [2.24, 2.45) is 5.73 Å². The van der Waals surface area contributed by atoms with Gasteiger partial charge in [-0.25, -0.2) is 4.98 Å². The molecule has 8 aromatic carbocycles. The van der Waals surface area contributed by atoms with Crippen molar-refractivity contribution >= 4 is 49.3 Å². The average molecular weight is 704 g/mol. The van der Waals surface area contributed by atoms with Gasteiger partial charge < -0.3 is 10.3 Å². The smallest absolute Gasteiger partial charge is 0.0709 e. The van der Waals surface area contributed by atoms with Crippen molar-refractivity contribution in [2.75, 3.05) is 0 Å². The van der Waals surface area contributed by atoms with Gasteiger partial charge in [-0.3, -0.25) is 0 Å². The molecule has 10 rings (SSSR count). The summed E-state index contributed by atoms with van der Waals surface area (Å²) >= 11 is 0. The van der Waals surface area contributed by atoms with Crippen LogP contribution in [0.15, 0.2) is 188 Å². The Morgan fingerprint density at radius 1 is 0.455 bits per heavy atom. The number of hydrogen-bond donors (Lipinski definition) is 1. The first-order valence-electron chi connectivity index (χ1n) is 18.8. The molecule has 0 fully saturated rings. The van der Waals surface area contributed by atoms with E-state index in [0.717, 1.165) is 39.4 Å². The number of fused-ring (bicyclic) bond motifs is 4. The number of nitrogens with two attached hydrogens (primary N) is 1. The zero-order chi connectivity index (χ0) is 36.9. The predicted octanol–water partition coefficient (Wildman–Crippen LogP) is 13.4. The van der Waals surface area contributed by atoms with E-state index in [-0.39, 0.29) is 0 Å². The first-order chi connectivity index (χ1) is 27.2. The third-order valence-corrected chi connectivity index (χ3v) is 11.0. The Labute approximate surface area is 320 Å². The van der Waals surface area contributed by atoms with E-state index in [9.17, 15) is 0 Å². The summed E-state index contributed by atoms with van der Waals surface area (Å²) in [6, 6.07) is 65.4. The Hall–Kier alpha value is -7.23. The van der Waals surface area contributed by atoms with Crippen LogP contribution in [0.1, 0.15) is 11.3 Å². The van der Waals surface area contributed by atoms with Crippen molar-refractivity contribution < 1.29 is 0 Å². The normalized spacial score (nSPS) is 11.7. The van der Waals surface area contributed by atoms with Crippen LogP contribution in [-0.4, -0.2) is 9.55 Å². The summed E-state index contributed by atoms with van der Waals surface area (Å²) in [4.78, 5) is 5.20. The van der Waals surface area contributed by atoms with Crippen LogP contribution in [0.3, 0.4) is 0 Å². The molecule has 0 spiro atoms. The summed E-state index contributed by atoms with van der Waals surface area (Å²) in [5.74, 6) is 0. The van der Waals surface area contributed by atoms with Gasteiger partial charge >= 0.3 is 0 Å². The second-order valence-corrected chi connectivity index (χ2v) is 14.2. The van der Waals surface area contributed by atoms with Crippen LogP contribution in [-0.2, 0) is 0 Å². The van der Waals surface area contributed by atoms with Crippen molar-refractivity contribution in [3.63, 3.8) is 0 Å². The minimum absolute atomic E-state index is 0.938. The Balaban J connectivity index is 1.05. The van der Waals surface area contributed by atoms with E-state index in [0.29, 0.717) is 0 Å². The highest BCUT2D eigenvalue weighted by atomic mass is 15.0. The molecule has 3 nitrogen and oxygen atoms in total. The van der Waals surface area contributed by atoms with Crippen LogP contribution in [0.25, 0.3) is 99.8 Å². The average Bonchev–Trinajstić information content (AvgIpc) is 3.52. The molecule has 55 heavy (non-hydrogen) atoms. The Morgan fingerprint density at radius 2 is 1.00 bits per heavy atom. The molecule has 0 saturated carbocycles. The molecule has 0 aliphatic carbocycles. The SMILES string of the molecule is Cc1c(/C=C\N)n(-c2ccccc2)c2ccc(-c3cccc(-c4ccc(-c5c6ccccc6c(-c6ccc7ccccc7c6)c6ccccc56)cc4)n3)cc12. The third kappa shape index (κ3) is 5.48. The first kappa shape index (κ1) is 32.4. The molecule has 0 atom stereocenters. The molecule has 0 bridgehead atoms. The number of nitrogens with zero attached hydrogens (tertiary/aromatic N) is 2. The van der Waals surface area contributed by atoms with E-state index < -0.39 is 0 Å². The maximum atomic E-state index is 5.92. The highest BCUT2D eigenvalue weighted by Gasteiger charge is 2.18. The van der Waals surface area contributed by atoms with E-state index in [2.05, 4.69) is 187 Å². The lowest BCUT2D eigenvalue weighted by Crippen LogP contribution is -1.97. The van der Waals surface area contributed by atoms with E-state index in [1.54, 1.807) is 6.20 Å². The number of hydrogen-bond acceptors (Lipinski definition) is 2. The Bertz CT molecular complexity index is 3040. The van der Waals surface area contributed by atoms with Gasteiger partial charge in [0.25, 0.3) is 0 Å². The van der Waals surface area contributed by atoms with Crippen molar-refractivity contribution in [3.8, 4) is 50.5 Å². The molecule has 0 aliphatic heterocycles. The molecule has 2 heterocycles. The van der Waals surface area contributed by atoms with Crippen LogP contribution in [0.4, 0.5) is 0 Å². The number of benzene rings is 8. The lowest BCUT2D eigenvalue weighted by atomic mass is 9.85. The zero-order valence-electron chi connectivity index (χ0n) is 30.4. The summed E-state index contributed by atoms with van der Waals surface area (Å²) in [5.41, 5.74) is 19.4. The number of aryl methyl sites for hydroxylation is 1. The predicted molar refractivity (Wildman–Crippen MR) is 233 cm³/mol. The minimum atomic E-state index is 0.938. The molecule has 2 N–H and O–H groups in total. The Morgan fingerprint density at radius 3 is 1.67 bits per heavy atom. The fraction of sp³-hybridized carbons (Fsp3) is 0.0192. The third-order valence-electron chi connectivity index (χ3n) is 11.0. The zero-order valence-corrected chi connectivity index (χ0v) is 30.4. The van der Waals surface area contributed by atoms with Crippen molar-refractivity contribution in [3.05, 3.63) is 199 Å². The quantitative estimate of drug-likeness (QED) is 0.175. The first-order valence-corrected chi connectivity index (χ1v) is 18.8. The largest absolute Gasteiger partial charge is 0.405 e. The maximum absolute atomic E-state index is 5.92. The maximum Gasteiger partial charge on any atom is 0.0709 e. The fourth-order valence-electron chi connectivity index (χ4n) is 8.43. The topological polar surface area (TPSA) is 43.8 Å². The van der Waals surface area contributed by atoms with Gasteiger partial charge in [-0.1, -0.05) is 140 Å². The highest BCUT2D eigenvalue weighted by molar-refractivity contribution is 6.21. The van der Waals surface area contributed by atoms with Crippen LogP contribution < -0.4 is 5.73 Å². The molecular formula is C52H37N3. The Kier molecular flexibility index (Phi) is 7.85. The number of pyridine rings is 1. The molecule has 0 aliphatic rings. The standard InChI is InChI=1S/C52H37N3/c1-34-46-33-39(28-29-50(46)55(49(34)30-31-53)41-14-3-2-4-15-41)48-21-11-20-47(54-48)36-23-25-37(26-24-36)51-42-16-7-9-18-44(42)52(45-19-10-8-17-43(45)51)40-27-22-35-12-5-6-13-38(35)32-40/h2-33H,53H2,1H3/b31-30-. The van der Waals surface area contributed by atoms with Gasteiger partial charge in [0.1, 0.15) is 0 Å². The number of para-hydroxylation sites is 1. The van der Waals surface area contributed by atoms with E-state index in [1.807, 2.05) is 12.1 Å². The molecule has 2 aromatic heterocycles. The van der Waals surface area contributed by atoms with Gasteiger partial charge in [-0.2, -0.15) is 0 Å². The number of rotatable bonds is 6. The summed E-state index contributed by atoms with van der Waals surface area (Å²) in [6.07, 6.45) is 3.60. The minimum Gasteiger partial charge on any atom is -0.405 e. The summed E-state index contributed by atoms with van der Waals surface area (Å²) < 4.78 is 2.27. The van der Waals surface area contributed by atoms with E-state index in [1.165, 1.54) is 65.5 Å². The summed E-state index contributed by atoms with van der Waals surface area (Å²) in [6.45, 7) is 2.16. The second-order valence-electron chi connectivity index (χ2n) is 14.2. The van der Waals surface area contributed by atoms with Crippen LogP contribution in [0, 0.1) is 6.92 Å². The summed E-state index contributed by atoms with van der Waals surface area (Å²) in [5, 5.41) is 8.67. The lowest BCUT2D eigenvalue weighted by Gasteiger charge is -2.18. The van der Waals surface area contributed by atoms with Crippen molar-refractivity contribution in [2.45, 2.75) is 6.92 Å². The van der Waals surface area contributed by atoms with Crippen LogP contribution in [0.5, 0.6) is 0 Å². The molecule has 0 radical (unpaired) electrons. The van der Waals surface area contributed by atoms with Crippen LogP contribution in [0.2, 0.25) is 0 Å². The molecule has 10 aromatic rings. The molecule has 260 valence electrons. The van der Waals surface area contributed by atoms with Gasteiger partial charge in [0.05, 0.1) is 22.6 Å². The van der Waals surface area contributed by atoms with Crippen LogP contribution >= 0.6 is 0 Å². The molecule has 0 unspecified atom stereocenters.